The summed E-state index contributed by atoms with van der Waals surface area (Å²) in [4.78, 5) is 27.7. The van der Waals surface area contributed by atoms with E-state index in [0.717, 1.165) is 35.1 Å². The van der Waals surface area contributed by atoms with Crippen molar-refractivity contribution in [3.8, 4) is 0 Å². The normalized spacial score (nSPS) is 14.5. The summed E-state index contributed by atoms with van der Waals surface area (Å²) in [5.41, 5.74) is 2.87. The molecule has 0 radical (unpaired) electrons. The maximum atomic E-state index is 12.8. The zero-order valence-electron chi connectivity index (χ0n) is 19.6. The van der Waals surface area contributed by atoms with Gasteiger partial charge in [-0.15, -0.1) is 16.9 Å². The van der Waals surface area contributed by atoms with Crippen LogP contribution in [-0.2, 0) is 11.3 Å². The summed E-state index contributed by atoms with van der Waals surface area (Å²) < 4.78 is 2.47. The van der Waals surface area contributed by atoms with Gasteiger partial charge in [-0.2, -0.15) is 9.61 Å². The molecule has 2 aromatic heterocycles. The van der Waals surface area contributed by atoms with E-state index in [4.69, 9.17) is 0 Å². The molecule has 4 rings (SSSR count). The van der Waals surface area contributed by atoms with E-state index in [1.54, 1.807) is 17.8 Å². The molecule has 1 aliphatic carbocycles. The Labute approximate surface area is 198 Å². The van der Waals surface area contributed by atoms with Crippen molar-refractivity contribution in [2.75, 3.05) is 23.3 Å². The predicted octanol–water partition coefficient (Wildman–Crippen LogP) is 4.11. The monoisotopic (exact) mass is 468 g/mol. The second-order valence-corrected chi connectivity index (χ2v) is 9.80. The van der Waals surface area contributed by atoms with E-state index < -0.39 is 5.69 Å². The highest BCUT2D eigenvalue weighted by molar-refractivity contribution is 7.99. The molecule has 8 nitrogen and oxygen atoms in total. The van der Waals surface area contributed by atoms with Crippen LogP contribution in [0.25, 0.3) is 5.65 Å². The van der Waals surface area contributed by atoms with Crippen LogP contribution >= 0.6 is 11.8 Å². The second kappa shape index (κ2) is 10.4. The largest absolute Gasteiger partial charge is 0.372 e. The summed E-state index contributed by atoms with van der Waals surface area (Å²) in [6.07, 6.45) is 6.19. The summed E-state index contributed by atoms with van der Waals surface area (Å²) in [5.74, 6) is -0.295. The van der Waals surface area contributed by atoms with Crippen molar-refractivity contribution in [1.82, 2.24) is 19.4 Å². The Balaban J connectivity index is 1.45. The number of carbonyl (C=O) groups excluding carboxylic acids is 1. The zero-order chi connectivity index (χ0) is 23.4. The first-order chi connectivity index (χ1) is 16.0. The van der Waals surface area contributed by atoms with Gasteiger partial charge in [0.15, 0.2) is 5.65 Å². The van der Waals surface area contributed by atoms with Gasteiger partial charge in [0.2, 0.25) is 5.91 Å². The van der Waals surface area contributed by atoms with Crippen molar-refractivity contribution in [2.45, 2.75) is 69.7 Å². The molecule has 0 saturated heterocycles. The Morgan fingerprint density at radius 2 is 1.88 bits per heavy atom. The van der Waals surface area contributed by atoms with E-state index in [9.17, 15) is 9.59 Å². The number of rotatable bonds is 8. The van der Waals surface area contributed by atoms with E-state index in [1.165, 1.54) is 41.3 Å². The molecule has 0 spiro atoms. The molecule has 0 atom stereocenters. The Hall–Kier alpha value is -2.81. The number of nitrogens with zero attached hydrogens (tertiary/aromatic N) is 5. The third-order valence-corrected chi connectivity index (χ3v) is 7.43. The smallest absolute Gasteiger partial charge is 0.367 e. The Morgan fingerprint density at radius 1 is 1.12 bits per heavy atom. The van der Waals surface area contributed by atoms with E-state index in [2.05, 4.69) is 40.3 Å². The molecule has 33 heavy (non-hydrogen) atoms. The van der Waals surface area contributed by atoms with E-state index >= 15 is 0 Å². The fourth-order valence-electron chi connectivity index (χ4n) is 4.31. The van der Waals surface area contributed by atoms with Gasteiger partial charge in [-0.1, -0.05) is 19.3 Å². The van der Waals surface area contributed by atoms with Crippen LogP contribution in [0.1, 0.15) is 51.5 Å². The fourth-order valence-corrected chi connectivity index (χ4v) is 5.50. The van der Waals surface area contributed by atoms with Crippen LogP contribution in [0.5, 0.6) is 0 Å². The second-order valence-electron chi connectivity index (χ2n) is 8.48. The number of aromatic nitrogens is 4. The lowest BCUT2D eigenvalue weighted by Crippen LogP contribution is -2.29. The number of hydrogen-bond donors (Lipinski definition) is 1. The summed E-state index contributed by atoms with van der Waals surface area (Å²) in [6, 6.07) is 9.68. The summed E-state index contributed by atoms with van der Waals surface area (Å²) in [7, 11) is 0. The average Bonchev–Trinajstić information content (AvgIpc) is 3.12. The number of benzene rings is 1. The highest BCUT2D eigenvalue weighted by Crippen LogP contribution is 2.32. The summed E-state index contributed by atoms with van der Waals surface area (Å²) in [5, 5.41) is 13.1. The van der Waals surface area contributed by atoms with Crippen molar-refractivity contribution in [1.29, 1.82) is 0 Å². The lowest BCUT2D eigenvalue weighted by atomic mass is 10.0. The molecule has 1 saturated carbocycles. The van der Waals surface area contributed by atoms with Crippen molar-refractivity contribution in [3.63, 3.8) is 0 Å². The minimum Gasteiger partial charge on any atom is -0.372 e. The minimum atomic E-state index is -0.403. The van der Waals surface area contributed by atoms with Gasteiger partial charge < -0.3 is 10.2 Å². The molecule has 3 aromatic rings. The molecule has 1 fully saturated rings. The van der Waals surface area contributed by atoms with Crippen LogP contribution < -0.4 is 15.9 Å². The average molecular weight is 469 g/mol. The number of aryl methyl sites for hydroxylation is 1. The number of thioether (sulfide) groups is 1. The molecule has 176 valence electrons. The standard InChI is InChI=1S/C24H32N6O2S/c1-4-28(5-2)18-11-12-20(17(3)15-18)25-22(31)16-29-24(32)30-21(26-29)13-14-23(27-30)33-19-9-7-6-8-10-19/h11-15,19H,4-10,16H2,1-3H3,(H,25,31). The first-order valence-electron chi connectivity index (χ1n) is 11.8. The van der Waals surface area contributed by atoms with Gasteiger partial charge in [0.1, 0.15) is 11.6 Å². The Kier molecular flexibility index (Phi) is 7.37. The van der Waals surface area contributed by atoms with Crippen LogP contribution in [0, 0.1) is 6.92 Å². The molecular weight excluding hydrogens is 436 g/mol. The van der Waals surface area contributed by atoms with E-state index in [1.807, 2.05) is 25.1 Å². The van der Waals surface area contributed by atoms with Crippen molar-refractivity contribution in [3.05, 3.63) is 46.4 Å². The first-order valence-corrected chi connectivity index (χ1v) is 12.7. The molecule has 0 aliphatic heterocycles. The van der Waals surface area contributed by atoms with Crippen LogP contribution in [0.15, 0.2) is 40.2 Å². The predicted molar refractivity (Wildman–Crippen MR) is 133 cm³/mol. The molecule has 1 aromatic carbocycles. The molecular formula is C24H32N6O2S. The maximum Gasteiger partial charge on any atom is 0.367 e. The third kappa shape index (κ3) is 5.40. The first kappa shape index (κ1) is 23.4. The minimum absolute atomic E-state index is 0.162. The molecule has 2 heterocycles. The van der Waals surface area contributed by atoms with Crippen LogP contribution in [-0.4, -0.2) is 43.6 Å². The quantitative estimate of drug-likeness (QED) is 0.536. The van der Waals surface area contributed by atoms with Crippen molar-refractivity contribution in [2.24, 2.45) is 0 Å². The number of anilines is 2. The van der Waals surface area contributed by atoms with Gasteiger partial charge in [0.25, 0.3) is 0 Å². The number of amides is 1. The van der Waals surface area contributed by atoms with Gasteiger partial charge in [-0.05, 0) is 69.5 Å². The fraction of sp³-hybridized carbons (Fsp3) is 0.500. The summed E-state index contributed by atoms with van der Waals surface area (Å²) in [6.45, 7) is 7.89. The zero-order valence-corrected chi connectivity index (χ0v) is 20.4. The molecule has 0 bridgehead atoms. The SMILES string of the molecule is CCN(CC)c1ccc(NC(=O)Cn2nc3ccc(SC4CCCCC4)nn3c2=O)c(C)c1. The van der Waals surface area contributed by atoms with Gasteiger partial charge in [-0.25, -0.2) is 9.48 Å². The van der Waals surface area contributed by atoms with Crippen molar-refractivity contribution < 1.29 is 4.79 Å². The van der Waals surface area contributed by atoms with Crippen molar-refractivity contribution >= 4 is 34.7 Å². The lowest BCUT2D eigenvalue weighted by Gasteiger charge is -2.22. The number of hydrogen-bond acceptors (Lipinski definition) is 6. The lowest BCUT2D eigenvalue weighted by molar-refractivity contribution is -0.117. The van der Waals surface area contributed by atoms with E-state index in [0.29, 0.717) is 10.9 Å². The maximum absolute atomic E-state index is 12.8. The number of carbonyl (C=O) groups is 1. The number of nitrogens with one attached hydrogen (secondary N) is 1. The third-order valence-electron chi connectivity index (χ3n) is 6.16. The van der Waals surface area contributed by atoms with Gasteiger partial charge in [0, 0.05) is 29.7 Å². The molecule has 0 unspecified atom stereocenters. The van der Waals surface area contributed by atoms with Crippen LogP contribution in [0.3, 0.4) is 0 Å². The van der Waals surface area contributed by atoms with Gasteiger partial charge in [-0.3, -0.25) is 4.79 Å². The Bertz CT molecular complexity index is 1180. The van der Waals surface area contributed by atoms with Gasteiger partial charge in [0.05, 0.1) is 0 Å². The van der Waals surface area contributed by atoms with Gasteiger partial charge >= 0.3 is 5.69 Å². The highest BCUT2D eigenvalue weighted by Gasteiger charge is 2.17. The van der Waals surface area contributed by atoms with E-state index in [-0.39, 0.29) is 12.5 Å². The summed E-state index contributed by atoms with van der Waals surface area (Å²) >= 11 is 1.73. The highest BCUT2D eigenvalue weighted by atomic mass is 32.2. The molecule has 1 amide bonds. The molecule has 1 N–H and O–H groups in total. The topological polar surface area (TPSA) is 84.5 Å². The Morgan fingerprint density at radius 3 is 2.58 bits per heavy atom. The molecule has 1 aliphatic rings. The number of fused-ring (bicyclic) bond motifs is 1. The molecule has 9 heteroatoms. The van der Waals surface area contributed by atoms with Crippen LogP contribution in [0.4, 0.5) is 11.4 Å². The van der Waals surface area contributed by atoms with Crippen LogP contribution in [0.2, 0.25) is 0 Å².